The molecule has 0 aliphatic carbocycles. The first kappa shape index (κ1) is 51.1. The number of fused-ring (bicyclic) bond motifs is 1. The van der Waals surface area contributed by atoms with E-state index in [-0.39, 0.29) is 45.2 Å². The molecule has 3 amide bonds. The molecule has 0 bridgehead atoms. The number of carbonyl (C=O) groups excluding carboxylic acids is 3. The Morgan fingerprint density at radius 3 is 2.25 bits per heavy atom. The predicted molar refractivity (Wildman–Crippen MR) is 258 cm³/mol. The highest BCUT2D eigenvalue weighted by Gasteiger charge is 2.44. The van der Waals surface area contributed by atoms with Gasteiger partial charge >= 0.3 is 0 Å². The highest BCUT2D eigenvalue weighted by molar-refractivity contribution is 7.13. The Morgan fingerprint density at radius 1 is 0.884 bits per heavy atom. The van der Waals surface area contributed by atoms with Crippen LogP contribution in [0.15, 0.2) is 70.7 Å². The van der Waals surface area contributed by atoms with E-state index in [1.807, 2.05) is 87.8 Å². The molecule has 5 heterocycles. The van der Waals surface area contributed by atoms with Gasteiger partial charge in [-0.15, -0.1) is 11.3 Å². The number of aliphatic hydroxyl groups is 1. The molecule has 5 aromatic rings. The number of β-amino-alcohol motifs (C(OH)–C–C–N with tert-alkyl or cyclic N) is 1. The van der Waals surface area contributed by atoms with E-state index in [2.05, 4.69) is 35.8 Å². The lowest BCUT2D eigenvalue weighted by molar-refractivity contribution is -0.144. The van der Waals surface area contributed by atoms with Crippen LogP contribution in [0.5, 0.6) is 11.5 Å². The quantitative estimate of drug-likeness (QED) is 0.0610. The first-order chi connectivity index (χ1) is 33.4. The van der Waals surface area contributed by atoms with Crippen LogP contribution in [0.4, 0.5) is 6.01 Å². The van der Waals surface area contributed by atoms with Crippen molar-refractivity contribution < 1.29 is 52.3 Å². The summed E-state index contributed by atoms with van der Waals surface area (Å²) in [6, 6.07) is 16.0. The number of nitrogens with one attached hydrogen (secondary N) is 3. The molecule has 2 aromatic carbocycles. The van der Waals surface area contributed by atoms with Crippen LogP contribution < -0.4 is 30.3 Å². The van der Waals surface area contributed by atoms with Gasteiger partial charge in [0.2, 0.25) is 17.7 Å². The number of pyridine rings is 1. The summed E-state index contributed by atoms with van der Waals surface area (Å²) in [5.41, 5.74) is 6.26. The molecule has 4 N–H and O–H groups in total. The SMILES string of the molecule is Cc1ncsc1-c1ccc(CNC(=O)[C@@H]2C[C@@H](O)CN2C(=O)[C@@H](NC(=O)COCCOCCOCCOCCOc2ccc(COc3ccc4oc(N5CCNCC5)nc4c3)nc2)C(C)(C)C)cc1. The molecule has 2 fully saturated rings. The van der Waals surface area contributed by atoms with Gasteiger partial charge in [0.25, 0.3) is 6.01 Å². The van der Waals surface area contributed by atoms with Crippen LogP contribution in [0.3, 0.4) is 0 Å². The maximum absolute atomic E-state index is 13.9. The van der Waals surface area contributed by atoms with Gasteiger partial charge in [0, 0.05) is 51.8 Å². The van der Waals surface area contributed by atoms with Crippen molar-refractivity contribution in [3.05, 3.63) is 83.3 Å². The molecular formula is C49H64N8O11S. The summed E-state index contributed by atoms with van der Waals surface area (Å²) in [5.74, 6) is 0.0130. The van der Waals surface area contributed by atoms with Crippen molar-refractivity contribution in [2.24, 2.45) is 5.41 Å². The van der Waals surface area contributed by atoms with Gasteiger partial charge in [-0.2, -0.15) is 4.98 Å². The molecule has 69 heavy (non-hydrogen) atoms. The van der Waals surface area contributed by atoms with Gasteiger partial charge < -0.3 is 63.7 Å². The number of hydrogen-bond acceptors (Lipinski definition) is 17. The first-order valence-corrected chi connectivity index (χ1v) is 24.2. The summed E-state index contributed by atoms with van der Waals surface area (Å²) in [5, 5.41) is 19.6. The lowest BCUT2D eigenvalue weighted by Gasteiger charge is -2.35. The summed E-state index contributed by atoms with van der Waals surface area (Å²) in [4.78, 5) is 58.2. The van der Waals surface area contributed by atoms with Gasteiger partial charge in [-0.25, -0.2) is 4.98 Å². The molecule has 0 saturated carbocycles. The van der Waals surface area contributed by atoms with Gasteiger partial charge in [0.15, 0.2) is 5.58 Å². The molecule has 3 aromatic heterocycles. The number of aromatic nitrogens is 3. The monoisotopic (exact) mass is 972 g/mol. The van der Waals surface area contributed by atoms with Crippen molar-refractivity contribution in [2.75, 3.05) is 97.1 Å². The molecule has 0 spiro atoms. The second kappa shape index (κ2) is 25.2. The molecule has 2 saturated heterocycles. The fraction of sp³-hybridized carbons (Fsp3) is 0.510. The van der Waals surface area contributed by atoms with Crippen molar-refractivity contribution in [3.8, 4) is 21.9 Å². The number of benzene rings is 2. The van der Waals surface area contributed by atoms with Gasteiger partial charge in [-0.3, -0.25) is 19.4 Å². The lowest BCUT2D eigenvalue weighted by atomic mass is 9.85. The van der Waals surface area contributed by atoms with E-state index in [0.29, 0.717) is 63.8 Å². The van der Waals surface area contributed by atoms with E-state index in [4.69, 9.17) is 32.8 Å². The van der Waals surface area contributed by atoms with Crippen LogP contribution in [-0.2, 0) is 46.5 Å². The Kier molecular flexibility index (Phi) is 18.7. The topological polar surface area (TPSA) is 221 Å². The molecule has 19 nitrogen and oxygen atoms in total. The van der Waals surface area contributed by atoms with Gasteiger partial charge in [-0.05, 0) is 47.7 Å². The van der Waals surface area contributed by atoms with Crippen LogP contribution in [0.1, 0.15) is 44.1 Å². The highest BCUT2D eigenvalue weighted by atomic mass is 32.1. The maximum atomic E-state index is 13.9. The van der Waals surface area contributed by atoms with E-state index < -0.39 is 35.4 Å². The third kappa shape index (κ3) is 15.1. The molecule has 0 unspecified atom stereocenters. The minimum atomic E-state index is -0.963. The highest BCUT2D eigenvalue weighted by Crippen LogP contribution is 2.29. The average Bonchev–Trinajstić information content (AvgIpc) is 4.10. The third-order valence-electron chi connectivity index (χ3n) is 11.5. The van der Waals surface area contributed by atoms with Crippen molar-refractivity contribution in [1.29, 1.82) is 0 Å². The van der Waals surface area contributed by atoms with Gasteiger partial charge in [0.05, 0.1) is 80.3 Å². The molecule has 0 radical (unpaired) electrons. The Bertz CT molecular complexity index is 2400. The zero-order valence-corrected chi connectivity index (χ0v) is 40.6. The lowest BCUT2D eigenvalue weighted by Crippen LogP contribution is -2.58. The van der Waals surface area contributed by atoms with Crippen molar-refractivity contribution in [2.45, 2.75) is 65.5 Å². The average molecular weight is 973 g/mol. The Labute approximate surface area is 406 Å². The largest absolute Gasteiger partial charge is 0.490 e. The van der Waals surface area contributed by atoms with Crippen LogP contribution >= 0.6 is 11.3 Å². The number of carbonyl (C=O) groups is 3. The summed E-state index contributed by atoms with van der Waals surface area (Å²) in [6.07, 6.45) is 0.884. The third-order valence-corrected chi connectivity index (χ3v) is 12.5. The molecule has 2 aliphatic heterocycles. The smallest absolute Gasteiger partial charge is 0.298 e. The number of rotatable bonds is 25. The number of nitrogens with zero attached hydrogens (tertiary/aromatic N) is 5. The van der Waals surface area contributed by atoms with Crippen LogP contribution in [0.25, 0.3) is 21.5 Å². The summed E-state index contributed by atoms with van der Waals surface area (Å²) in [7, 11) is 0. The Hall–Kier alpha value is -5.74. The molecule has 2 aliphatic rings. The number of aryl methyl sites for hydroxylation is 1. The van der Waals surface area contributed by atoms with E-state index in [1.54, 1.807) is 17.5 Å². The number of amides is 3. The van der Waals surface area contributed by atoms with Gasteiger partial charge in [0.1, 0.15) is 48.9 Å². The minimum absolute atomic E-state index is 0.0154. The number of likely N-dealkylation sites (tertiary alicyclic amines) is 1. The number of ether oxygens (including phenoxy) is 6. The summed E-state index contributed by atoms with van der Waals surface area (Å²) < 4.78 is 39.9. The maximum Gasteiger partial charge on any atom is 0.298 e. The number of anilines is 1. The summed E-state index contributed by atoms with van der Waals surface area (Å²) in [6.45, 7) is 13.8. The number of hydrogen-bond donors (Lipinski definition) is 4. The van der Waals surface area contributed by atoms with Crippen LogP contribution in [0.2, 0.25) is 0 Å². The van der Waals surface area contributed by atoms with E-state index >= 15 is 0 Å². The zero-order chi connectivity index (χ0) is 48.6. The number of aliphatic hydroxyl groups excluding tert-OH is 1. The molecule has 20 heteroatoms. The molecular weight excluding hydrogens is 909 g/mol. The molecule has 7 rings (SSSR count). The second-order valence-corrected chi connectivity index (χ2v) is 18.7. The molecule has 3 atom stereocenters. The van der Waals surface area contributed by atoms with Crippen molar-refractivity contribution >= 4 is 46.2 Å². The molecule has 372 valence electrons. The van der Waals surface area contributed by atoms with E-state index in [9.17, 15) is 19.5 Å². The Morgan fingerprint density at radius 2 is 1.58 bits per heavy atom. The van der Waals surface area contributed by atoms with Gasteiger partial charge in [-0.1, -0.05) is 45.0 Å². The normalized spacial score (nSPS) is 16.7. The first-order valence-electron chi connectivity index (χ1n) is 23.3. The predicted octanol–water partition coefficient (Wildman–Crippen LogP) is 3.90. The fourth-order valence-electron chi connectivity index (χ4n) is 7.74. The van der Waals surface area contributed by atoms with Crippen LogP contribution in [-0.4, -0.2) is 153 Å². The zero-order valence-electron chi connectivity index (χ0n) is 39.8. The number of thiazole rings is 1. The van der Waals surface area contributed by atoms with Crippen molar-refractivity contribution in [1.82, 2.24) is 35.8 Å². The summed E-state index contributed by atoms with van der Waals surface area (Å²) >= 11 is 1.57. The number of piperazine rings is 1. The standard InChI is InChI=1S/C49H64N8O11S/c1-33-44(69-32-53-33)35-7-5-34(6-8-35)27-52-46(60)41-25-37(58)29-57(41)47(61)45(49(2,3)4)55-43(59)31-65-22-21-63-18-17-62-19-20-64-23-24-66-39-10-9-36(51-28-39)30-67-38-11-12-42-40(26-38)54-48(68-42)56-15-13-50-14-16-56/h5-12,26,28,32,37,41,45,50,58H,13-25,27,29-31H2,1-4H3,(H,52,60)(H,55,59)/t37-,41+,45-/m1/s1. The van der Waals surface area contributed by atoms with Crippen molar-refractivity contribution in [3.63, 3.8) is 0 Å². The second-order valence-electron chi connectivity index (χ2n) is 17.8. The van der Waals surface area contributed by atoms with Crippen LogP contribution in [0, 0.1) is 12.3 Å². The van der Waals surface area contributed by atoms with E-state index in [0.717, 1.165) is 64.7 Å². The van der Waals surface area contributed by atoms with E-state index in [1.165, 1.54) is 4.90 Å². The fourth-order valence-corrected chi connectivity index (χ4v) is 8.55. The minimum Gasteiger partial charge on any atom is -0.490 e. The number of oxazole rings is 1. The Balaban J connectivity index is 0.700.